The molecule has 1 aromatic carbocycles. The van der Waals surface area contributed by atoms with Crippen molar-refractivity contribution >= 4 is 40.9 Å². The van der Waals surface area contributed by atoms with Crippen LogP contribution in [-0.4, -0.2) is 80.7 Å². The maximum Gasteiger partial charge on any atom is 0.410 e. The van der Waals surface area contributed by atoms with Gasteiger partial charge in [0.25, 0.3) is 0 Å². The summed E-state index contributed by atoms with van der Waals surface area (Å²) in [6.07, 6.45) is -0.379. The fraction of sp³-hybridized carbons (Fsp3) is 0.483. The molecule has 0 saturated carbocycles. The number of morpholine rings is 1. The Hall–Kier alpha value is -3.48. The Kier molecular flexibility index (Phi) is 8.86. The highest BCUT2D eigenvalue weighted by Crippen LogP contribution is 2.33. The third-order valence-corrected chi connectivity index (χ3v) is 8.05. The van der Waals surface area contributed by atoms with Crippen molar-refractivity contribution in [2.45, 2.75) is 59.0 Å². The average molecular weight is 614 g/mol. The zero-order valence-corrected chi connectivity index (χ0v) is 26.1. The monoisotopic (exact) mass is 613 g/mol. The second kappa shape index (κ2) is 12.4. The van der Waals surface area contributed by atoms with Gasteiger partial charge in [-0.25, -0.2) is 24.5 Å². The van der Waals surface area contributed by atoms with Gasteiger partial charge in [-0.1, -0.05) is 24.3 Å². The first kappa shape index (κ1) is 30.0. The lowest BCUT2D eigenvalue weighted by molar-refractivity contribution is 0.0285. The molecule has 1 fully saturated rings. The standard InChI is InChI=1S/C29H36ClN7O4S/c1-18(31-24-21-15-37(16-22(21)33-26(30)34-24)27(38)36-10-12-40-13-11-36)23-17-42-25(32-23)20-9-7-6-8-19(20)14-35(5)28(39)41-29(2,3)4/h6-9,17-18H,10-16H2,1-5H3,(H,31,33,34). The van der Waals surface area contributed by atoms with Crippen LogP contribution < -0.4 is 5.32 Å². The van der Waals surface area contributed by atoms with E-state index < -0.39 is 5.60 Å². The predicted molar refractivity (Wildman–Crippen MR) is 161 cm³/mol. The van der Waals surface area contributed by atoms with Crippen LogP contribution in [0.15, 0.2) is 29.6 Å². The van der Waals surface area contributed by atoms with Crippen LogP contribution in [0.2, 0.25) is 5.28 Å². The maximum absolute atomic E-state index is 13.1. The van der Waals surface area contributed by atoms with Crippen LogP contribution in [0.25, 0.3) is 10.6 Å². The molecule has 3 amide bonds. The van der Waals surface area contributed by atoms with Gasteiger partial charge in [0, 0.05) is 43.2 Å². The van der Waals surface area contributed by atoms with Crippen LogP contribution in [0.5, 0.6) is 0 Å². The normalized spacial score (nSPS) is 15.8. The molecule has 3 aromatic rings. The molecule has 1 saturated heterocycles. The number of halogens is 1. The Bertz CT molecular complexity index is 1450. The number of carbonyl (C=O) groups is 2. The highest BCUT2D eigenvalue weighted by molar-refractivity contribution is 7.13. The molecule has 2 aromatic heterocycles. The number of ether oxygens (including phenoxy) is 2. The number of aromatic nitrogens is 3. The third kappa shape index (κ3) is 6.93. The molecule has 224 valence electrons. The van der Waals surface area contributed by atoms with Gasteiger partial charge in [-0.05, 0) is 44.9 Å². The fourth-order valence-corrected chi connectivity index (χ4v) is 6.01. The maximum atomic E-state index is 13.1. The lowest BCUT2D eigenvalue weighted by Gasteiger charge is -2.30. The van der Waals surface area contributed by atoms with Gasteiger partial charge in [-0.3, -0.25) is 0 Å². The van der Waals surface area contributed by atoms with E-state index in [-0.39, 0.29) is 23.4 Å². The van der Waals surface area contributed by atoms with Gasteiger partial charge in [0.1, 0.15) is 16.4 Å². The highest BCUT2D eigenvalue weighted by Gasteiger charge is 2.32. The Morgan fingerprint density at radius 1 is 1.14 bits per heavy atom. The van der Waals surface area contributed by atoms with Crippen molar-refractivity contribution in [1.29, 1.82) is 0 Å². The Morgan fingerprint density at radius 3 is 2.62 bits per heavy atom. The summed E-state index contributed by atoms with van der Waals surface area (Å²) in [4.78, 5) is 44.6. The molecule has 2 aliphatic heterocycles. The highest BCUT2D eigenvalue weighted by atomic mass is 35.5. The summed E-state index contributed by atoms with van der Waals surface area (Å²) in [6.45, 7) is 11.0. The summed E-state index contributed by atoms with van der Waals surface area (Å²) < 4.78 is 10.9. The smallest absolute Gasteiger partial charge is 0.410 e. The van der Waals surface area contributed by atoms with E-state index in [1.807, 2.05) is 57.3 Å². The number of carbonyl (C=O) groups excluding carboxylic acids is 2. The van der Waals surface area contributed by atoms with E-state index in [0.717, 1.165) is 33.1 Å². The molecule has 11 nitrogen and oxygen atoms in total. The molecule has 42 heavy (non-hydrogen) atoms. The molecule has 13 heteroatoms. The zero-order chi connectivity index (χ0) is 30.0. The van der Waals surface area contributed by atoms with Crippen LogP contribution in [0.3, 0.4) is 0 Å². The summed E-state index contributed by atoms with van der Waals surface area (Å²) in [5, 5.41) is 6.44. The molecule has 4 heterocycles. The second-order valence-electron chi connectivity index (χ2n) is 11.4. The Morgan fingerprint density at radius 2 is 1.88 bits per heavy atom. The zero-order valence-electron chi connectivity index (χ0n) is 24.5. The minimum Gasteiger partial charge on any atom is -0.444 e. The average Bonchev–Trinajstić information content (AvgIpc) is 3.60. The number of hydrogen-bond acceptors (Lipinski definition) is 9. The number of urea groups is 1. The number of nitrogens with zero attached hydrogens (tertiary/aromatic N) is 6. The molecule has 0 radical (unpaired) electrons. The van der Waals surface area contributed by atoms with E-state index in [1.165, 1.54) is 11.3 Å². The molecule has 0 spiro atoms. The third-order valence-electron chi connectivity index (χ3n) is 6.99. The lowest BCUT2D eigenvalue weighted by Crippen LogP contribution is -2.46. The van der Waals surface area contributed by atoms with Gasteiger partial charge in [0.05, 0.1) is 43.7 Å². The number of hydrogen-bond donors (Lipinski definition) is 1. The summed E-state index contributed by atoms with van der Waals surface area (Å²) in [6, 6.07) is 7.70. The molecule has 0 aliphatic carbocycles. The SMILES string of the molecule is CC(Nc1nc(Cl)nc2c1CN(C(=O)N1CCOCC1)C2)c1csc(-c2ccccc2CN(C)C(=O)OC(C)(C)C)n1. The van der Waals surface area contributed by atoms with Gasteiger partial charge in [-0.15, -0.1) is 11.3 Å². The first-order chi connectivity index (χ1) is 20.0. The first-order valence-electron chi connectivity index (χ1n) is 13.9. The molecule has 1 N–H and O–H groups in total. The van der Waals surface area contributed by atoms with Crippen molar-refractivity contribution in [2.75, 3.05) is 38.7 Å². The minimum atomic E-state index is -0.567. The van der Waals surface area contributed by atoms with E-state index in [0.29, 0.717) is 51.8 Å². The summed E-state index contributed by atoms with van der Waals surface area (Å²) in [5.74, 6) is 0.601. The molecular weight excluding hydrogens is 578 g/mol. The van der Waals surface area contributed by atoms with Gasteiger partial charge < -0.3 is 29.5 Å². The van der Waals surface area contributed by atoms with E-state index in [4.69, 9.17) is 26.1 Å². The number of benzene rings is 1. The Balaban J connectivity index is 1.29. The molecule has 1 atom stereocenters. The molecule has 2 aliphatic rings. The van der Waals surface area contributed by atoms with E-state index in [1.54, 1.807) is 21.7 Å². The van der Waals surface area contributed by atoms with Gasteiger partial charge in [0.2, 0.25) is 5.28 Å². The van der Waals surface area contributed by atoms with Gasteiger partial charge >= 0.3 is 12.1 Å². The number of anilines is 1. The second-order valence-corrected chi connectivity index (χ2v) is 12.6. The number of fused-ring (bicyclic) bond motifs is 1. The Labute approximate surface area is 254 Å². The van der Waals surface area contributed by atoms with Crippen LogP contribution >= 0.6 is 22.9 Å². The minimum absolute atomic E-state index is 0.0356. The molecular formula is C29H36ClN7O4S. The van der Waals surface area contributed by atoms with E-state index in [9.17, 15) is 9.59 Å². The lowest BCUT2D eigenvalue weighted by atomic mass is 10.1. The number of rotatable bonds is 6. The predicted octanol–water partition coefficient (Wildman–Crippen LogP) is 5.56. The fourth-order valence-electron chi connectivity index (χ4n) is 4.85. The first-order valence-corrected chi connectivity index (χ1v) is 15.2. The quantitative estimate of drug-likeness (QED) is 0.360. The van der Waals surface area contributed by atoms with Crippen molar-refractivity contribution in [1.82, 2.24) is 29.7 Å². The van der Waals surface area contributed by atoms with Crippen LogP contribution in [-0.2, 0) is 29.1 Å². The summed E-state index contributed by atoms with van der Waals surface area (Å²) >= 11 is 7.83. The van der Waals surface area contributed by atoms with Crippen molar-refractivity contribution in [3.05, 3.63) is 57.4 Å². The topological polar surface area (TPSA) is 113 Å². The summed E-state index contributed by atoms with van der Waals surface area (Å²) in [5.41, 5.74) is 3.81. The van der Waals surface area contributed by atoms with Gasteiger partial charge in [0.15, 0.2) is 0 Å². The van der Waals surface area contributed by atoms with E-state index in [2.05, 4.69) is 15.3 Å². The van der Waals surface area contributed by atoms with Gasteiger partial charge in [-0.2, -0.15) is 0 Å². The molecule has 1 unspecified atom stereocenters. The number of nitrogens with one attached hydrogen (secondary N) is 1. The largest absolute Gasteiger partial charge is 0.444 e. The van der Waals surface area contributed by atoms with Crippen molar-refractivity contribution in [3.63, 3.8) is 0 Å². The molecule has 0 bridgehead atoms. The van der Waals surface area contributed by atoms with Crippen LogP contribution in [0, 0.1) is 0 Å². The number of thiazole rings is 1. The van der Waals surface area contributed by atoms with Crippen LogP contribution in [0.4, 0.5) is 15.4 Å². The summed E-state index contributed by atoms with van der Waals surface area (Å²) in [7, 11) is 1.73. The van der Waals surface area contributed by atoms with E-state index >= 15 is 0 Å². The molecule has 5 rings (SSSR count). The van der Waals surface area contributed by atoms with Crippen molar-refractivity contribution in [3.8, 4) is 10.6 Å². The number of amides is 3. The van der Waals surface area contributed by atoms with Crippen molar-refractivity contribution < 1.29 is 19.1 Å². The van der Waals surface area contributed by atoms with Crippen LogP contribution in [0.1, 0.15) is 56.3 Å². The van der Waals surface area contributed by atoms with Crippen molar-refractivity contribution in [2.24, 2.45) is 0 Å².